The van der Waals surface area contributed by atoms with E-state index in [4.69, 9.17) is 21.4 Å². The van der Waals surface area contributed by atoms with Crippen molar-refractivity contribution in [3.8, 4) is 5.75 Å². The highest BCUT2D eigenvalue weighted by atomic mass is 35.5. The molecule has 0 spiro atoms. The van der Waals surface area contributed by atoms with E-state index in [0.29, 0.717) is 30.3 Å². The molecule has 134 valence electrons. The number of benzene rings is 1. The van der Waals surface area contributed by atoms with Gasteiger partial charge in [0.1, 0.15) is 5.75 Å². The van der Waals surface area contributed by atoms with Crippen LogP contribution in [0.3, 0.4) is 0 Å². The number of amides is 1. The van der Waals surface area contributed by atoms with Gasteiger partial charge in [-0.25, -0.2) is 0 Å². The van der Waals surface area contributed by atoms with Crippen LogP contribution in [0.4, 0.5) is 0 Å². The monoisotopic (exact) mass is 362 g/mol. The van der Waals surface area contributed by atoms with E-state index in [2.05, 4.69) is 4.98 Å². The van der Waals surface area contributed by atoms with Crippen LogP contribution < -0.4 is 4.74 Å². The maximum absolute atomic E-state index is 12.8. The fourth-order valence-corrected chi connectivity index (χ4v) is 2.60. The summed E-state index contributed by atoms with van der Waals surface area (Å²) in [4.78, 5) is 18.5. The number of aliphatic hydroxyl groups excluding tert-OH is 1. The van der Waals surface area contributed by atoms with Gasteiger partial charge in [0, 0.05) is 32.1 Å². The summed E-state index contributed by atoms with van der Waals surface area (Å²) < 4.78 is 5.79. The lowest BCUT2D eigenvalue weighted by Gasteiger charge is -2.26. The van der Waals surface area contributed by atoms with Gasteiger partial charge in [-0.15, -0.1) is 0 Å². The molecule has 0 radical (unpaired) electrons. The molecule has 0 saturated heterocycles. The van der Waals surface area contributed by atoms with Crippen molar-refractivity contribution in [2.24, 2.45) is 0 Å². The van der Waals surface area contributed by atoms with Crippen molar-refractivity contribution in [3.05, 3.63) is 58.9 Å². The summed E-state index contributed by atoms with van der Waals surface area (Å²) in [6.45, 7) is 4.56. The van der Waals surface area contributed by atoms with Gasteiger partial charge in [0.25, 0.3) is 5.91 Å². The molecule has 25 heavy (non-hydrogen) atoms. The van der Waals surface area contributed by atoms with Gasteiger partial charge in [0.2, 0.25) is 0 Å². The molecule has 1 amide bonds. The molecule has 0 aliphatic heterocycles. The van der Waals surface area contributed by atoms with Gasteiger partial charge in [-0.1, -0.05) is 17.7 Å². The summed E-state index contributed by atoms with van der Waals surface area (Å²) in [5.74, 6) is 0.344. The third-order valence-corrected chi connectivity index (χ3v) is 4.07. The zero-order chi connectivity index (χ0) is 18.2. The number of aliphatic hydroxyl groups is 1. The van der Waals surface area contributed by atoms with Gasteiger partial charge >= 0.3 is 0 Å². The van der Waals surface area contributed by atoms with E-state index < -0.39 is 6.10 Å². The van der Waals surface area contributed by atoms with Gasteiger partial charge < -0.3 is 14.7 Å². The predicted molar refractivity (Wildman–Crippen MR) is 97.6 cm³/mol. The SMILES string of the molecule is Cc1ccc(Cl)c(OC(C)C(=O)N(CCCO)Cc2ccncc2)c1. The lowest BCUT2D eigenvalue weighted by atomic mass is 10.2. The number of carbonyl (C=O) groups is 1. The molecule has 0 fully saturated rings. The minimum Gasteiger partial charge on any atom is -0.479 e. The van der Waals surface area contributed by atoms with Crippen LogP contribution in [0, 0.1) is 6.92 Å². The van der Waals surface area contributed by atoms with Gasteiger partial charge in [0.05, 0.1) is 5.02 Å². The van der Waals surface area contributed by atoms with Crippen LogP contribution in [-0.2, 0) is 11.3 Å². The van der Waals surface area contributed by atoms with Crippen LogP contribution in [0.25, 0.3) is 0 Å². The number of hydrogen-bond donors (Lipinski definition) is 1. The highest BCUT2D eigenvalue weighted by molar-refractivity contribution is 6.32. The third-order valence-electron chi connectivity index (χ3n) is 3.76. The summed E-state index contributed by atoms with van der Waals surface area (Å²) in [7, 11) is 0. The molecule has 1 aromatic heterocycles. The Labute approximate surface area is 153 Å². The normalized spacial score (nSPS) is 11.8. The molecule has 2 rings (SSSR count). The van der Waals surface area contributed by atoms with Crippen LogP contribution in [0.5, 0.6) is 5.75 Å². The Morgan fingerprint density at radius 3 is 2.72 bits per heavy atom. The van der Waals surface area contributed by atoms with Gasteiger partial charge in [-0.2, -0.15) is 0 Å². The first-order valence-electron chi connectivity index (χ1n) is 8.22. The number of aryl methyl sites for hydroxylation is 1. The second-order valence-corrected chi connectivity index (χ2v) is 6.29. The number of carbonyl (C=O) groups excluding carboxylic acids is 1. The number of ether oxygens (including phenoxy) is 1. The zero-order valence-electron chi connectivity index (χ0n) is 14.5. The zero-order valence-corrected chi connectivity index (χ0v) is 15.2. The van der Waals surface area contributed by atoms with Crippen molar-refractivity contribution in [1.29, 1.82) is 0 Å². The molecule has 1 N–H and O–H groups in total. The molecule has 5 nitrogen and oxygen atoms in total. The van der Waals surface area contributed by atoms with Crippen molar-refractivity contribution in [1.82, 2.24) is 9.88 Å². The number of halogens is 1. The smallest absolute Gasteiger partial charge is 0.263 e. The topological polar surface area (TPSA) is 62.7 Å². The van der Waals surface area contributed by atoms with Crippen molar-refractivity contribution in [2.75, 3.05) is 13.2 Å². The van der Waals surface area contributed by atoms with E-state index in [0.717, 1.165) is 11.1 Å². The Morgan fingerprint density at radius 1 is 1.32 bits per heavy atom. The van der Waals surface area contributed by atoms with Crippen molar-refractivity contribution < 1.29 is 14.6 Å². The summed E-state index contributed by atoms with van der Waals surface area (Å²) in [5.41, 5.74) is 1.98. The fraction of sp³-hybridized carbons (Fsp3) is 0.368. The summed E-state index contributed by atoms with van der Waals surface area (Å²) in [6.07, 6.45) is 3.21. The predicted octanol–water partition coefficient (Wildman–Crippen LogP) is 3.22. The first kappa shape index (κ1) is 19.2. The summed E-state index contributed by atoms with van der Waals surface area (Å²) in [6, 6.07) is 9.18. The van der Waals surface area contributed by atoms with Crippen molar-refractivity contribution in [2.45, 2.75) is 32.9 Å². The highest BCUT2D eigenvalue weighted by Gasteiger charge is 2.23. The second kappa shape index (κ2) is 9.39. The molecule has 6 heteroatoms. The minimum atomic E-state index is -0.681. The standard InChI is InChI=1S/C19H23ClN2O3/c1-14-4-5-17(20)18(12-14)25-15(2)19(24)22(10-3-11-23)13-16-6-8-21-9-7-16/h4-9,12,15,23H,3,10-11,13H2,1-2H3. The largest absolute Gasteiger partial charge is 0.479 e. The van der Waals surface area contributed by atoms with E-state index in [9.17, 15) is 4.79 Å². The molecule has 1 unspecified atom stereocenters. The Balaban J connectivity index is 2.09. The number of nitrogens with zero attached hydrogens (tertiary/aromatic N) is 2. The van der Waals surface area contributed by atoms with Crippen LogP contribution >= 0.6 is 11.6 Å². The number of rotatable bonds is 8. The summed E-state index contributed by atoms with van der Waals surface area (Å²) >= 11 is 6.15. The lowest BCUT2D eigenvalue weighted by Crippen LogP contribution is -2.40. The van der Waals surface area contributed by atoms with Crippen molar-refractivity contribution in [3.63, 3.8) is 0 Å². The Bertz CT molecular complexity index is 694. The van der Waals surface area contributed by atoms with Crippen LogP contribution in [0.15, 0.2) is 42.7 Å². The highest BCUT2D eigenvalue weighted by Crippen LogP contribution is 2.26. The molecule has 0 aliphatic carbocycles. The lowest BCUT2D eigenvalue weighted by molar-refractivity contribution is -0.138. The van der Waals surface area contributed by atoms with E-state index in [1.54, 1.807) is 30.3 Å². The quantitative estimate of drug-likeness (QED) is 0.783. The van der Waals surface area contributed by atoms with E-state index in [1.807, 2.05) is 31.2 Å². The Kier molecular flexibility index (Phi) is 7.22. The Hall–Kier alpha value is -2.11. The number of hydrogen-bond acceptors (Lipinski definition) is 4. The maximum atomic E-state index is 12.8. The van der Waals surface area contributed by atoms with Crippen LogP contribution in [0.1, 0.15) is 24.5 Å². The average molecular weight is 363 g/mol. The summed E-state index contributed by atoms with van der Waals surface area (Å²) in [5, 5.41) is 9.58. The first-order chi connectivity index (χ1) is 12.0. The van der Waals surface area contributed by atoms with Gasteiger partial charge in [0.15, 0.2) is 6.10 Å². The molecule has 2 aromatic rings. The van der Waals surface area contributed by atoms with Gasteiger partial charge in [-0.05, 0) is 55.7 Å². The fourth-order valence-electron chi connectivity index (χ4n) is 2.44. The van der Waals surface area contributed by atoms with Gasteiger partial charge in [-0.3, -0.25) is 9.78 Å². The van der Waals surface area contributed by atoms with E-state index in [1.165, 1.54) is 0 Å². The van der Waals surface area contributed by atoms with E-state index >= 15 is 0 Å². The minimum absolute atomic E-state index is 0.0269. The molecule has 1 atom stereocenters. The van der Waals surface area contributed by atoms with Crippen LogP contribution in [0.2, 0.25) is 5.02 Å². The average Bonchev–Trinajstić information content (AvgIpc) is 2.62. The molecular weight excluding hydrogens is 340 g/mol. The van der Waals surface area contributed by atoms with E-state index in [-0.39, 0.29) is 12.5 Å². The second-order valence-electron chi connectivity index (χ2n) is 5.89. The Morgan fingerprint density at radius 2 is 2.04 bits per heavy atom. The van der Waals surface area contributed by atoms with Crippen LogP contribution in [-0.4, -0.2) is 40.2 Å². The maximum Gasteiger partial charge on any atom is 0.263 e. The molecule has 0 aliphatic rings. The number of pyridine rings is 1. The third kappa shape index (κ3) is 5.73. The molecular formula is C19H23ClN2O3. The molecule has 0 saturated carbocycles. The molecule has 0 bridgehead atoms. The molecule has 1 heterocycles. The van der Waals surface area contributed by atoms with Crippen molar-refractivity contribution >= 4 is 17.5 Å². The number of aromatic nitrogens is 1. The first-order valence-corrected chi connectivity index (χ1v) is 8.60. The molecule has 1 aromatic carbocycles.